The average Bonchev–Trinajstić information content (AvgIpc) is 2.38. The molecule has 2 rings (SSSR count). The SMILES string of the molecule is CCCc1cc(C(=O)O)cc(Sc2cccc(F)c2)n1. The molecular formula is C15H14FNO2S. The molecule has 0 aliphatic heterocycles. The van der Waals surface area contributed by atoms with E-state index in [1.54, 1.807) is 18.2 Å². The van der Waals surface area contributed by atoms with Crippen LogP contribution in [0.15, 0.2) is 46.3 Å². The van der Waals surface area contributed by atoms with Crippen LogP contribution in [0.3, 0.4) is 0 Å². The Morgan fingerprint density at radius 3 is 2.80 bits per heavy atom. The van der Waals surface area contributed by atoms with Crippen molar-refractivity contribution < 1.29 is 14.3 Å². The van der Waals surface area contributed by atoms with Crippen molar-refractivity contribution in [2.45, 2.75) is 29.7 Å². The maximum atomic E-state index is 13.1. The predicted octanol–water partition coefficient (Wildman–Crippen LogP) is 4.02. The lowest BCUT2D eigenvalue weighted by Crippen LogP contribution is -2.01. The van der Waals surface area contributed by atoms with Crippen molar-refractivity contribution in [1.82, 2.24) is 4.98 Å². The smallest absolute Gasteiger partial charge is 0.335 e. The second kappa shape index (κ2) is 6.52. The lowest BCUT2D eigenvalue weighted by Gasteiger charge is -2.06. The molecule has 0 saturated carbocycles. The van der Waals surface area contributed by atoms with Gasteiger partial charge in [-0.3, -0.25) is 0 Å². The van der Waals surface area contributed by atoms with E-state index in [0.29, 0.717) is 9.92 Å². The molecule has 0 saturated heterocycles. The van der Waals surface area contributed by atoms with Crippen LogP contribution in [0.4, 0.5) is 4.39 Å². The van der Waals surface area contributed by atoms with Crippen molar-refractivity contribution in [3.63, 3.8) is 0 Å². The topological polar surface area (TPSA) is 50.2 Å². The number of hydrogen-bond donors (Lipinski definition) is 1. The summed E-state index contributed by atoms with van der Waals surface area (Å²) in [5.74, 6) is -1.30. The van der Waals surface area contributed by atoms with Gasteiger partial charge >= 0.3 is 5.97 Å². The predicted molar refractivity (Wildman–Crippen MR) is 75.7 cm³/mol. The Kier molecular flexibility index (Phi) is 4.74. The van der Waals surface area contributed by atoms with Crippen molar-refractivity contribution in [3.8, 4) is 0 Å². The Morgan fingerprint density at radius 1 is 1.35 bits per heavy atom. The fourth-order valence-electron chi connectivity index (χ4n) is 1.77. The van der Waals surface area contributed by atoms with E-state index >= 15 is 0 Å². The zero-order valence-corrected chi connectivity index (χ0v) is 11.8. The lowest BCUT2D eigenvalue weighted by atomic mass is 10.2. The largest absolute Gasteiger partial charge is 0.478 e. The van der Waals surface area contributed by atoms with Crippen LogP contribution in [0.25, 0.3) is 0 Å². The first kappa shape index (κ1) is 14.5. The van der Waals surface area contributed by atoms with Crippen LogP contribution in [0.5, 0.6) is 0 Å². The summed E-state index contributed by atoms with van der Waals surface area (Å²) < 4.78 is 13.1. The third-order valence-electron chi connectivity index (χ3n) is 2.63. The first-order valence-corrected chi connectivity index (χ1v) is 7.08. The van der Waals surface area contributed by atoms with Gasteiger partial charge in [-0.15, -0.1) is 0 Å². The molecule has 0 spiro atoms. The van der Waals surface area contributed by atoms with E-state index in [9.17, 15) is 9.18 Å². The minimum atomic E-state index is -0.981. The van der Waals surface area contributed by atoms with Gasteiger partial charge in [-0.1, -0.05) is 31.2 Å². The summed E-state index contributed by atoms with van der Waals surface area (Å²) >= 11 is 1.26. The highest BCUT2D eigenvalue weighted by Crippen LogP contribution is 2.27. The van der Waals surface area contributed by atoms with Gasteiger partial charge in [0.25, 0.3) is 0 Å². The van der Waals surface area contributed by atoms with Crippen LogP contribution in [0, 0.1) is 5.82 Å². The normalized spacial score (nSPS) is 10.5. The molecular weight excluding hydrogens is 277 g/mol. The number of aromatic carboxylic acids is 1. The number of carboxylic acids is 1. The van der Waals surface area contributed by atoms with Crippen LogP contribution in [0.2, 0.25) is 0 Å². The first-order valence-electron chi connectivity index (χ1n) is 6.26. The van der Waals surface area contributed by atoms with E-state index in [-0.39, 0.29) is 11.4 Å². The maximum absolute atomic E-state index is 13.1. The maximum Gasteiger partial charge on any atom is 0.335 e. The lowest BCUT2D eigenvalue weighted by molar-refractivity contribution is 0.0696. The van der Waals surface area contributed by atoms with Gasteiger partial charge in [-0.2, -0.15) is 0 Å². The fourth-order valence-corrected chi connectivity index (χ4v) is 2.68. The number of halogens is 1. The Morgan fingerprint density at radius 2 is 2.15 bits per heavy atom. The molecule has 5 heteroatoms. The van der Waals surface area contributed by atoms with Crippen LogP contribution in [-0.2, 0) is 6.42 Å². The first-order chi connectivity index (χ1) is 9.58. The quantitative estimate of drug-likeness (QED) is 0.904. The summed E-state index contributed by atoms with van der Waals surface area (Å²) in [6.45, 7) is 2.01. The average molecular weight is 291 g/mol. The zero-order chi connectivity index (χ0) is 14.5. The number of benzene rings is 1. The van der Waals surface area contributed by atoms with Gasteiger partial charge in [0.1, 0.15) is 10.8 Å². The van der Waals surface area contributed by atoms with Crippen molar-refractivity contribution in [2.24, 2.45) is 0 Å². The summed E-state index contributed by atoms with van der Waals surface area (Å²) in [7, 11) is 0. The van der Waals surface area contributed by atoms with Crippen molar-refractivity contribution >= 4 is 17.7 Å². The van der Waals surface area contributed by atoms with E-state index in [1.165, 1.54) is 30.0 Å². The van der Waals surface area contributed by atoms with Gasteiger partial charge in [0, 0.05) is 10.6 Å². The second-order valence-corrected chi connectivity index (χ2v) is 5.39. The van der Waals surface area contributed by atoms with E-state index in [2.05, 4.69) is 4.98 Å². The molecule has 0 aliphatic carbocycles. The summed E-state index contributed by atoms with van der Waals surface area (Å²) in [6, 6.07) is 9.25. The minimum Gasteiger partial charge on any atom is -0.478 e. The van der Waals surface area contributed by atoms with Gasteiger partial charge in [-0.05, 0) is 36.8 Å². The second-order valence-electron chi connectivity index (χ2n) is 4.30. The summed E-state index contributed by atoms with van der Waals surface area (Å²) in [5, 5.41) is 9.68. The molecule has 1 heterocycles. The van der Waals surface area contributed by atoms with Gasteiger partial charge in [0.2, 0.25) is 0 Å². The molecule has 1 aromatic carbocycles. The van der Waals surface area contributed by atoms with E-state index in [4.69, 9.17) is 5.11 Å². The van der Waals surface area contributed by atoms with E-state index in [1.807, 2.05) is 6.92 Å². The van der Waals surface area contributed by atoms with Gasteiger partial charge in [0.05, 0.1) is 5.56 Å². The molecule has 20 heavy (non-hydrogen) atoms. The number of rotatable bonds is 5. The number of aromatic nitrogens is 1. The molecule has 0 radical (unpaired) electrons. The Balaban J connectivity index is 2.32. The molecule has 0 aliphatic rings. The number of carbonyl (C=O) groups is 1. The molecule has 0 unspecified atom stereocenters. The molecule has 0 bridgehead atoms. The molecule has 1 aromatic heterocycles. The van der Waals surface area contributed by atoms with Gasteiger partial charge in [0.15, 0.2) is 0 Å². The summed E-state index contributed by atoms with van der Waals surface area (Å²) in [4.78, 5) is 16.2. The Hall–Kier alpha value is -1.88. The monoisotopic (exact) mass is 291 g/mol. The number of aryl methyl sites for hydroxylation is 1. The van der Waals surface area contributed by atoms with Gasteiger partial charge < -0.3 is 5.11 Å². The number of hydrogen-bond acceptors (Lipinski definition) is 3. The van der Waals surface area contributed by atoms with Crippen LogP contribution in [0.1, 0.15) is 29.4 Å². The summed E-state index contributed by atoms with van der Waals surface area (Å²) in [6.07, 6.45) is 1.61. The zero-order valence-electron chi connectivity index (χ0n) is 11.0. The molecule has 3 nitrogen and oxygen atoms in total. The fraction of sp³-hybridized carbons (Fsp3) is 0.200. The number of pyridine rings is 1. The van der Waals surface area contributed by atoms with Crippen LogP contribution < -0.4 is 0 Å². The summed E-state index contributed by atoms with van der Waals surface area (Å²) in [5.41, 5.74) is 0.952. The van der Waals surface area contributed by atoms with Crippen molar-refractivity contribution in [1.29, 1.82) is 0 Å². The Labute approximate surface area is 120 Å². The number of nitrogens with zero attached hydrogens (tertiary/aromatic N) is 1. The molecule has 104 valence electrons. The van der Waals surface area contributed by atoms with E-state index < -0.39 is 5.97 Å². The highest BCUT2D eigenvalue weighted by Gasteiger charge is 2.09. The molecule has 0 atom stereocenters. The minimum absolute atomic E-state index is 0.211. The Bertz CT molecular complexity index is 631. The van der Waals surface area contributed by atoms with Crippen molar-refractivity contribution in [2.75, 3.05) is 0 Å². The molecule has 1 N–H and O–H groups in total. The van der Waals surface area contributed by atoms with Crippen LogP contribution in [-0.4, -0.2) is 16.1 Å². The number of carboxylic acid groups (broad SMARTS) is 1. The van der Waals surface area contributed by atoms with Crippen LogP contribution >= 0.6 is 11.8 Å². The van der Waals surface area contributed by atoms with Gasteiger partial charge in [-0.25, -0.2) is 14.2 Å². The third kappa shape index (κ3) is 3.81. The standard InChI is InChI=1S/C15H14FNO2S/c1-2-4-12-7-10(15(18)19)8-14(17-12)20-13-6-3-5-11(16)9-13/h3,5-9H,2,4H2,1H3,(H,18,19). The highest BCUT2D eigenvalue weighted by molar-refractivity contribution is 7.99. The van der Waals surface area contributed by atoms with Crippen molar-refractivity contribution in [3.05, 3.63) is 53.5 Å². The molecule has 2 aromatic rings. The highest BCUT2D eigenvalue weighted by atomic mass is 32.2. The molecule has 0 amide bonds. The van der Waals surface area contributed by atoms with E-state index in [0.717, 1.165) is 18.5 Å². The third-order valence-corrected chi connectivity index (χ3v) is 3.53. The molecule has 0 fully saturated rings.